The van der Waals surface area contributed by atoms with Crippen LogP contribution < -0.4 is 14.3 Å². The number of carbonyl (C=O) groups is 2. The van der Waals surface area contributed by atoms with Crippen molar-refractivity contribution in [3.63, 3.8) is 0 Å². The number of hydrogen-bond donors (Lipinski definition) is 2. The molecule has 0 saturated carbocycles. The van der Waals surface area contributed by atoms with Crippen LogP contribution in [0.5, 0.6) is 0 Å². The molecule has 32 heavy (non-hydrogen) atoms. The lowest BCUT2D eigenvalue weighted by molar-refractivity contribution is -0.138. The third-order valence-corrected chi connectivity index (χ3v) is 7.72. The van der Waals surface area contributed by atoms with Gasteiger partial charge in [-0.3, -0.25) is 9.59 Å². The summed E-state index contributed by atoms with van der Waals surface area (Å²) >= 11 is 0. The molecule has 0 radical (unpaired) electrons. The van der Waals surface area contributed by atoms with Gasteiger partial charge in [0, 0.05) is 7.05 Å². The van der Waals surface area contributed by atoms with Crippen LogP contribution in [-0.2, 0) is 30.7 Å². The zero-order valence-corrected chi connectivity index (χ0v) is 18.0. The Balaban J connectivity index is 1.76. The van der Waals surface area contributed by atoms with Crippen LogP contribution in [0.1, 0.15) is 31.4 Å². The van der Waals surface area contributed by atoms with Crippen LogP contribution in [0.25, 0.3) is 0 Å². The van der Waals surface area contributed by atoms with Gasteiger partial charge in [0.05, 0.1) is 52.0 Å². The number of rotatable bonds is 4. The van der Waals surface area contributed by atoms with Gasteiger partial charge in [-0.15, -0.1) is 0 Å². The van der Waals surface area contributed by atoms with E-state index in [1.807, 2.05) is 0 Å². The molecule has 0 aliphatic carbocycles. The molecule has 2 N–H and O–H groups in total. The number of benzene rings is 1. The Morgan fingerprint density at radius 1 is 1.22 bits per heavy atom. The van der Waals surface area contributed by atoms with E-state index in [0.29, 0.717) is 11.0 Å². The van der Waals surface area contributed by atoms with E-state index in [-0.39, 0.29) is 12.1 Å². The number of carbonyl (C=O) groups excluding carboxylic acids is 2. The van der Waals surface area contributed by atoms with E-state index in [4.69, 9.17) is 10.00 Å². The van der Waals surface area contributed by atoms with Crippen molar-refractivity contribution in [1.29, 1.82) is 5.26 Å². The first-order valence-electron chi connectivity index (χ1n) is 9.58. The zero-order valence-electron chi connectivity index (χ0n) is 17.1. The van der Waals surface area contributed by atoms with Crippen LogP contribution in [0.15, 0.2) is 18.2 Å². The second-order valence-electron chi connectivity index (χ2n) is 8.49. The maximum absolute atomic E-state index is 13.4. The average Bonchev–Trinajstić information content (AvgIpc) is 3.21. The van der Waals surface area contributed by atoms with Crippen molar-refractivity contribution in [3.05, 3.63) is 29.3 Å². The summed E-state index contributed by atoms with van der Waals surface area (Å²) in [6, 6.07) is 3.23. The molecule has 1 aromatic carbocycles. The summed E-state index contributed by atoms with van der Waals surface area (Å²) in [6.45, 7) is 3.10. The molecule has 0 aromatic heterocycles. The van der Waals surface area contributed by atoms with Gasteiger partial charge >= 0.3 is 6.18 Å². The van der Waals surface area contributed by atoms with E-state index in [9.17, 15) is 31.2 Å². The maximum Gasteiger partial charge on any atom is 0.417 e. The third kappa shape index (κ3) is 3.05. The number of hydrogen-bond acceptors (Lipinski definition) is 6. The molecule has 13 heteroatoms. The number of alkyl halides is 3. The van der Waals surface area contributed by atoms with E-state index in [1.54, 1.807) is 6.92 Å². The number of amides is 2. The number of imide groups is 1. The molecular formula is C19H19F3N4O5S. The van der Waals surface area contributed by atoms with Crippen LogP contribution >= 0.6 is 0 Å². The van der Waals surface area contributed by atoms with E-state index in [0.717, 1.165) is 12.1 Å². The van der Waals surface area contributed by atoms with Crippen molar-refractivity contribution < 1.29 is 35.9 Å². The van der Waals surface area contributed by atoms with Gasteiger partial charge < -0.3 is 4.74 Å². The summed E-state index contributed by atoms with van der Waals surface area (Å²) in [6.07, 6.45) is -4.76. The molecular weight excluding hydrogens is 453 g/mol. The normalized spacial score (nSPS) is 34.2. The Labute approximate surface area is 181 Å². The molecule has 9 nitrogen and oxygen atoms in total. The Morgan fingerprint density at radius 3 is 2.41 bits per heavy atom. The highest BCUT2D eigenvalue weighted by Gasteiger charge is 2.76. The Kier molecular flexibility index (Phi) is 4.77. The number of nitrogens with one attached hydrogen (secondary N) is 2. The summed E-state index contributed by atoms with van der Waals surface area (Å²) in [5.41, 5.74) is -4.78. The van der Waals surface area contributed by atoms with Gasteiger partial charge in [0.2, 0.25) is 11.8 Å². The summed E-state index contributed by atoms with van der Waals surface area (Å²) in [4.78, 5) is 27.2. The first-order chi connectivity index (χ1) is 14.7. The zero-order chi connectivity index (χ0) is 23.9. The molecule has 172 valence electrons. The highest BCUT2D eigenvalue weighted by Crippen LogP contribution is 2.61. The minimum Gasteiger partial charge on any atom is -0.366 e. The summed E-state index contributed by atoms with van der Waals surface area (Å²) in [5.74, 6) is -3.58. The molecule has 5 atom stereocenters. The second-order valence-corrected chi connectivity index (χ2v) is 10.1. The lowest BCUT2D eigenvalue weighted by Crippen LogP contribution is -2.57. The molecule has 4 rings (SSSR count). The predicted octanol–water partition coefficient (Wildman–Crippen LogP) is 1.06. The smallest absolute Gasteiger partial charge is 0.366 e. The fraction of sp³-hybridized carbons (Fsp3) is 0.526. The lowest BCUT2D eigenvalue weighted by atomic mass is 9.67. The largest absolute Gasteiger partial charge is 0.417 e. The molecule has 2 unspecified atom stereocenters. The number of ether oxygens (including phenoxy) is 1. The van der Waals surface area contributed by atoms with Crippen LogP contribution in [0, 0.1) is 23.2 Å². The number of fused-ring (bicyclic) bond motifs is 5. The molecule has 2 amide bonds. The topological polar surface area (TPSA) is 129 Å². The molecule has 3 aliphatic rings. The number of nitrogens with zero attached hydrogens (tertiary/aromatic N) is 2. The average molecular weight is 472 g/mol. The number of anilines is 1. The fourth-order valence-electron chi connectivity index (χ4n) is 5.22. The van der Waals surface area contributed by atoms with Crippen molar-refractivity contribution in [1.82, 2.24) is 9.44 Å². The molecule has 0 spiro atoms. The van der Waals surface area contributed by atoms with Crippen LogP contribution in [0.2, 0.25) is 0 Å². The maximum atomic E-state index is 13.4. The monoisotopic (exact) mass is 472 g/mol. The fourth-order valence-corrected chi connectivity index (χ4v) is 6.03. The van der Waals surface area contributed by atoms with Gasteiger partial charge in [-0.25, -0.2) is 9.62 Å². The molecule has 2 bridgehead atoms. The molecule has 3 saturated heterocycles. The molecule has 3 fully saturated rings. The molecule has 3 aliphatic heterocycles. The van der Waals surface area contributed by atoms with E-state index in [2.05, 4.69) is 9.44 Å². The Bertz CT molecular complexity index is 1180. The van der Waals surface area contributed by atoms with E-state index in [1.165, 1.54) is 20.0 Å². The van der Waals surface area contributed by atoms with Gasteiger partial charge in [-0.1, -0.05) is 0 Å². The lowest BCUT2D eigenvalue weighted by Gasteiger charge is -2.35. The van der Waals surface area contributed by atoms with Crippen molar-refractivity contribution in [3.8, 4) is 6.07 Å². The van der Waals surface area contributed by atoms with Crippen LogP contribution in [0.4, 0.5) is 18.9 Å². The quantitative estimate of drug-likeness (QED) is 0.631. The van der Waals surface area contributed by atoms with Gasteiger partial charge in [0.15, 0.2) is 0 Å². The van der Waals surface area contributed by atoms with Gasteiger partial charge in [0.1, 0.15) is 0 Å². The SMILES string of the molecule is CNS(=O)(=O)N[C@@H]1CC2(C)OC1(C)[C@@H]1C(=O)N(c3ccc(C#N)c(C(F)(F)F)c3)C(=O)[C@@H]12. The highest BCUT2D eigenvalue weighted by molar-refractivity contribution is 7.87. The number of halogens is 3. The van der Waals surface area contributed by atoms with Crippen molar-refractivity contribution in [2.45, 2.75) is 43.7 Å². The third-order valence-electron chi connectivity index (χ3n) is 6.59. The minimum absolute atomic E-state index is 0.0968. The molecule has 3 heterocycles. The van der Waals surface area contributed by atoms with Gasteiger partial charge in [-0.05, 0) is 38.5 Å². The van der Waals surface area contributed by atoms with Crippen LogP contribution in [-0.4, -0.2) is 44.5 Å². The second kappa shape index (κ2) is 6.74. The Morgan fingerprint density at radius 2 is 1.84 bits per heavy atom. The van der Waals surface area contributed by atoms with Crippen molar-refractivity contribution in [2.75, 3.05) is 11.9 Å². The van der Waals surface area contributed by atoms with Gasteiger partial charge in [0.25, 0.3) is 10.2 Å². The summed E-state index contributed by atoms with van der Waals surface area (Å²) in [7, 11) is -2.68. The van der Waals surface area contributed by atoms with Crippen molar-refractivity contribution in [2.24, 2.45) is 11.8 Å². The minimum atomic E-state index is -4.86. The first kappa shape index (κ1) is 22.7. The van der Waals surface area contributed by atoms with Crippen LogP contribution in [0.3, 0.4) is 0 Å². The number of nitriles is 1. The predicted molar refractivity (Wildman–Crippen MR) is 103 cm³/mol. The first-order valence-corrected chi connectivity index (χ1v) is 11.1. The van der Waals surface area contributed by atoms with E-state index < -0.39 is 68.4 Å². The van der Waals surface area contributed by atoms with Gasteiger partial charge in [-0.2, -0.15) is 31.6 Å². The highest BCUT2D eigenvalue weighted by atomic mass is 32.2. The summed E-state index contributed by atoms with van der Waals surface area (Å²) in [5, 5.41) is 8.99. The van der Waals surface area contributed by atoms with Crippen molar-refractivity contribution >= 4 is 27.7 Å². The Hall–Kier alpha value is -2.53. The standard InChI is InChI=1S/C19H19F3N4O5S/c1-17-7-12(25-32(29,30)24-3)18(2,31-17)14-13(17)15(27)26(16(14)28)10-5-4-9(8-23)11(6-10)19(20,21)22/h4-6,12-14,24-25H,7H2,1-3H3/t12-,13-,14+,17?,18?/m1/s1. The molecule has 1 aromatic rings. The summed E-state index contributed by atoms with van der Waals surface area (Å²) < 4.78 is 74.8. The van der Waals surface area contributed by atoms with E-state index >= 15 is 0 Å².